The van der Waals surface area contributed by atoms with Crippen LogP contribution in [0.25, 0.3) is 10.9 Å². The SMILES string of the molecule is CC1=C(OCCCCCCCCCCCCN2CCN(c3ccnc4cc(C(F)(F)F)ccc34)CC2)C(C)SC1=O. The third-order valence-electron chi connectivity index (χ3n) is 8.22. The van der Waals surface area contributed by atoms with Gasteiger partial charge in [0.15, 0.2) is 0 Å². The summed E-state index contributed by atoms with van der Waals surface area (Å²) < 4.78 is 45.1. The highest BCUT2D eigenvalue weighted by Crippen LogP contribution is 2.35. The molecular formula is C32H44F3N3O2S. The van der Waals surface area contributed by atoms with Crippen LogP contribution in [-0.2, 0) is 15.7 Å². The monoisotopic (exact) mass is 591 g/mol. The van der Waals surface area contributed by atoms with Gasteiger partial charge in [0.05, 0.1) is 22.9 Å². The fourth-order valence-electron chi connectivity index (χ4n) is 5.76. The summed E-state index contributed by atoms with van der Waals surface area (Å²) >= 11 is 1.36. The zero-order valence-electron chi connectivity index (χ0n) is 24.5. The first kappa shape index (κ1) is 31.7. The molecular weight excluding hydrogens is 547 g/mol. The van der Waals surface area contributed by atoms with E-state index in [1.807, 2.05) is 19.9 Å². The normalized spacial score (nSPS) is 18.6. The number of aromatic nitrogens is 1. The first-order valence-corrected chi connectivity index (χ1v) is 16.1. The maximum atomic E-state index is 13.1. The molecule has 226 valence electrons. The molecule has 0 aliphatic carbocycles. The van der Waals surface area contributed by atoms with Gasteiger partial charge >= 0.3 is 6.18 Å². The third kappa shape index (κ3) is 9.11. The summed E-state index contributed by atoms with van der Waals surface area (Å²) in [5.41, 5.74) is 1.50. The van der Waals surface area contributed by atoms with E-state index in [0.29, 0.717) is 12.1 Å². The Morgan fingerprint density at radius 1 is 0.927 bits per heavy atom. The van der Waals surface area contributed by atoms with Gasteiger partial charge in [-0.15, -0.1) is 0 Å². The summed E-state index contributed by atoms with van der Waals surface area (Å²) in [6.45, 7) is 9.43. The Morgan fingerprint density at radius 3 is 2.17 bits per heavy atom. The Morgan fingerprint density at radius 2 is 1.56 bits per heavy atom. The van der Waals surface area contributed by atoms with Crippen molar-refractivity contribution in [3.8, 4) is 0 Å². The fourth-order valence-corrected chi connectivity index (χ4v) is 6.72. The molecule has 0 spiro atoms. The lowest BCUT2D eigenvalue weighted by atomic mass is 10.1. The summed E-state index contributed by atoms with van der Waals surface area (Å²) in [4.78, 5) is 20.7. The lowest BCUT2D eigenvalue weighted by molar-refractivity contribution is -0.137. The molecule has 0 amide bonds. The van der Waals surface area contributed by atoms with Crippen LogP contribution >= 0.6 is 11.8 Å². The number of unbranched alkanes of at least 4 members (excludes halogenated alkanes) is 9. The minimum atomic E-state index is -4.36. The van der Waals surface area contributed by atoms with Crippen LogP contribution in [0.1, 0.15) is 83.6 Å². The molecule has 1 aromatic heterocycles. The number of ether oxygens (including phenoxy) is 1. The highest BCUT2D eigenvalue weighted by atomic mass is 32.2. The molecule has 1 aromatic carbocycles. The van der Waals surface area contributed by atoms with Crippen LogP contribution in [0.4, 0.5) is 18.9 Å². The van der Waals surface area contributed by atoms with Crippen molar-refractivity contribution in [2.24, 2.45) is 0 Å². The molecule has 4 rings (SSSR count). The summed E-state index contributed by atoms with van der Waals surface area (Å²) in [7, 11) is 0. The van der Waals surface area contributed by atoms with E-state index >= 15 is 0 Å². The molecule has 0 N–H and O–H groups in total. The largest absolute Gasteiger partial charge is 0.496 e. The lowest BCUT2D eigenvalue weighted by Gasteiger charge is -2.36. The van der Waals surface area contributed by atoms with Crippen molar-refractivity contribution < 1.29 is 22.7 Å². The van der Waals surface area contributed by atoms with Crippen LogP contribution in [0.2, 0.25) is 0 Å². The number of carbonyl (C=O) groups excluding carboxylic acids is 1. The van der Waals surface area contributed by atoms with E-state index in [1.165, 1.54) is 69.5 Å². The van der Waals surface area contributed by atoms with Crippen molar-refractivity contribution in [2.45, 2.75) is 89.5 Å². The number of thioether (sulfide) groups is 1. The number of benzene rings is 1. The topological polar surface area (TPSA) is 45.7 Å². The van der Waals surface area contributed by atoms with Crippen molar-refractivity contribution in [2.75, 3.05) is 44.2 Å². The average Bonchev–Trinajstić information content (AvgIpc) is 3.20. The van der Waals surface area contributed by atoms with Crippen LogP contribution in [-0.4, -0.2) is 59.6 Å². The Kier molecular flexibility index (Phi) is 11.8. The van der Waals surface area contributed by atoms with Crippen LogP contribution in [0.5, 0.6) is 0 Å². The van der Waals surface area contributed by atoms with Gasteiger partial charge in [0.1, 0.15) is 5.76 Å². The summed E-state index contributed by atoms with van der Waals surface area (Å²) in [5, 5.41) is 1.09. The van der Waals surface area contributed by atoms with Gasteiger partial charge in [-0.1, -0.05) is 69.2 Å². The van der Waals surface area contributed by atoms with Crippen LogP contribution in [0.3, 0.4) is 0 Å². The van der Waals surface area contributed by atoms with Crippen molar-refractivity contribution in [1.29, 1.82) is 0 Å². The molecule has 2 aromatic rings. The molecule has 1 atom stereocenters. The average molecular weight is 592 g/mol. The molecule has 5 nitrogen and oxygen atoms in total. The number of alkyl halides is 3. The second-order valence-electron chi connectivity index (χ2n) is 11.3. The number of nitrogens with zero attached hydrogens (tertiary/aromatic N) is 3. The summed E-state index contributed by atoms with van der Waals surface area (Å²) in [6.07, 6.45) is 9.72. The number of hydrogen-bond donors (Lipinski definition) is 0. The second kappa shape index (κ2) is 15.3. The van der Waals surface area contributed by atoms with E-state index in [-0.39, 0.29) is 10.4 Å². The van der Waals surface area contributed by atoms with Crippen molar-refractivity contribution >= 4 is 33.5 Å². The Hall–Kier alpha value is -2.26. The van der Waals surface area contributed by atoms with Crippen LogP contribution in [0.15, 0.2) is 41.8 Å². The van der Waals surface area contributed by atoms with Crippen molar-refractivity contribution in [1.82, 2.24) is 9.88 Å². The number of anilines is 1. The van der Waals surface area contributed by atoms with E-state index < -0.39 is 11.7 Å². The minimum absolute atomic E-state index is 0.152. The highest BCUT2D eigenvalue weighted by Gasteiger charge is 2.31. The molecule has 0 bridgehead atoms. The highest BCUT2D eigenvalue weighted by molar-refractivity contribution is 8.15. The number of pyridine rings is 1. The lowest BCUT2D eigenvalue weighted by Crippen LogP contribution is -2.46. The van der Waals surface area contributed by atoms with Crippen molar-refractivity contribution in [3.63, 3.8) is 0 Å². The molecule has 1 saturated heterocycles. The number of carbonyl (C=O) groups is 1. The maximum absolute atomic E-state index is 13.1. The predicted molar refractivity (Wildman–Crippen MR) is 162 cm³/mol. The zero-order chi connectivity index (χ0) is 29.2. The third-order valence-corrected chi connectivity index (χ3v) is 9.30. The number of hydrogen-bond acceptors (Lipinski definition) is 6. The van der Waals surface area contributed by atoms with Crippen LogP contribution < -0.4 is 4.90 Å². The second-order valence-corrected chi connectivity index (χ2v) is 12.6. The van der Waals surface area contributed by atoms with Gasteiger partial charge in [0.2, 0.25) is 5.12 Å². The molecule has 0 saturated carbocycles. The van der Waals surface area contributed by atoms with Gasteiger partial charge in [-0.25, -0.2) is 0 Å². The van der Waals surface area contributed by atoms with E-state index in [4.69, 9.17) is 4.74 Å². The molecule has 9 heteroatoms. The standard InChI is InChI=1S/C32H44F3N3O2S/c1-24-30(25(2)41-31(24)39)40-22-12-10-8-6-4-3-5-7-9-11-17-37-18-20-38(21-19-37)29-15-16-36-28-23-26(32(33,34)35)13-14-27(28)29/h13-16,23,25H,3-12,17-22H2,1-2H3. The van der Waals surface area contributed by atoms with E-state index in [9.17, 15) is 18.0 Å². The zero-order valence-corrected chi connectivity index (χ0v) is 25.3. The maximum Gasteiger partial charge on any atom is 0.416 e. The fraction of sp³-hybridized carbons (Fsp3) is 0.625. The molecule has 2 aliphatic rings. The predicted octanol–water partition coefficient (Wildman–Crippen LogP) is 8.23. The van der Waals surface area contributed by atoms with Gasteiger partial charge in [-0.2, -0.15) is 13.2 Å². The Labute approximate surface area is 246 Å². The van der Waals surface area contributed by atoms with Gasteiger partial charge in [0.25, 0.3) is 0 Å². The molecule has 41 heavy (non-hydrogen) atoms. The van der Waals surface area contributed by atoms with E-state index in [1.54, 1.807) is 12.3 Å². The Balaban J connectivity index is 1.01. The van der Waals surface area contributed by atoms with Gasteiger partial charge < -0.3 is 9.64 Å². The van der Waals surface area contributed by atoms with Crippen molar-refractivity contribution in [3.05, 3.63) is 47.4 Å². The number of rotatable bonds is 15. The number of halogens is 3. The van der Waals surface area contributed by atoms with Gasteiger partial charge in [-0.05, 0) is 51.4 Å². The molecule has 3 heterocycles. The first-order valence-electron chi connectivity index (χ1n) is 15.2. The van der Waals surface area contributed by atoms with E-state index in [2.05, 4.69) is 14.8 Å². The smallest absolute Gasteiger partial charge is 0.416 e. The molecule has 2 aliphatic heterocycles. The van der Waals surface area contributed by atoms with Gasteiger partial charge in [-0.3, -0.25) is 14.7 Å². The van der Waals surface area contributed by atoms with Gasteiger partial charge in [0, 0.05) is 49.0 Å². The number of fused-ring (bicyclic) bond motifs is 1. The minimum Gasteiger partial charge on any atom is -0.496 e. The number of piperazine rings is 1. The molecule has 0 radical (unpaired) electrons. The van der Waals surface area contributed by atoms with E-state index in [0.717, 1.165) is 73.7 Å². The quantitative estimate of drug-likeness (QED) is 0.195. The summed E-state index contributed by atoms with van der Waals surface area (Å²) in [5.74, 6) is 0.884. The molecule has 1 unspecified atom stereocenters. The van der Waals surface area contributed by atoms with Crippen LogP contribution in [0, 0.1) is 0 Å². The molecule has 1 fully saturated rings. The first-order chi connectivity index (χ1) is 19.7. The summed E-state index contributed by atoms with van der Waals surface area (Å²) in [6, 6.07) is 5.78. The Bertz CT molecular complexity index is 1180.